The molecular weight excluding hydrogens is 383 g/mol. The van der Waals surface area contributed by atoms with Crippen molar-refractivity contribution >= 4 is 11.9 Å². The van der Waals surface area contributed by atoms with Crippen LogP contribution in [0.3, 0.4) is 0 Å². The van der Waals surface area contributed by atoms with Crippen LogP contribution in [0.1, 0.15) is 22.8 Å². The van der Waals surface area contributed by atoms with Crippen molar-refractivity contribution in [1.29, 1.82) is 0 Å². The number of urea groups is 1. The monoisotopic (exact) mass is 412 g/mol. The first-order valence-corrected chi connectivity index (χ1v) is 10.3. The molecule has 2 aromatic rings. The number of carbonyl (C=O) groups excluding carboxylic acids is 2. The van der Waals surface area contributed by atoms with E-state index < -0.39 is 5.82 Å². The molecule has 0 aliphatic carbocycles. The summed E-state index contributed by atoms with van der Waals surface area (Å²) in [5.74, 6) is -0.847. The number of hydrogen-bond donors (Lipinski definition) is 1. The molecule has 2 aromatic carbocycles. The average molecular weight is 413 g/mol. The van der Waals surface area contributed by atoms with Gasteiger partial charge in [-0.3, -0.25) is 9.69 Å². The van der Waals surface area contributed by atoms with Gasteiger partial charge in [-0.2, -0.15) is 0 Å². The fourth-order valence-electron chi connectivity index (χ4n) is 3.45. The molecule has 1 atom stereocenters. The van der Waals surface area contributed by atoms with Gasteiger partial charge >= 0.3 is 6.03 Å². The minimum Gasteiger partial charge on any atom is -0.336 e. The van der Waals surface area contributed by atoms with E-state index in [1.807, 2.05) is 25.2 Å². The normalized spacial score (nSPS) is 15.2. The molecule has 6 nitrogen and oxygen atoms in total. The molecule has 1 N–H and O–H groups in total. The van der Waals surface area contributed by atoms with Gasteiger partial charge in [0.15, 0.2) is 0 Å². The molecule has 1 saturated heterocycles. The maximum atomic E-state index is 13.9. The van der Waals surface area contributed by atoms with Crippen LogP contribution in [-0.4, -0.2) is 72.5 Å². The molecule has 1 fully saturated rings. The number of piperazine rings is 1. The maximum absolute atomic E-state index is 13.9. The maximum Gasteiger partial charge on any atom is 0.317 e. The van der Waals surface area contributed by atoms with Gasteiger partial charge in [0.2, 0.25) is 0 Å². The van der Waals surface area contributed by atoms with Crippen molar-refractivity contribution in [2.45, 2.75) is 19.5 Å². The van der Waals surface area contributed by atoms with Gasteiger partial charge < -0.3 is 15.1 Å². The molecule has 1 aliphatic rings. The van der Waals surface area contributed by atoms with Crippen LogP contribution in [0.2, 0.25) is 0 Å². The summed E-state index contributed by atoms with van der Waals surface area (Å²) in [6.07, 6.45) is 0. The van der Waals surface area contributed by atoms with E-state index in [2.05, 4.69) is 29.3 Å². The Bertz CT molecular complexity index is 853. The van der Waals surface area contributed by atoms with Gasteiger partial charge in [-0.05, 0) is 31.7 Å². The second-order valence-corrected chi connectivity index (χ2v) is 7.69. The lowest BCUT2D eigenvalue weighted by atomic mass is 10.1. The van der Waals surface area contributed by atoms with Crippen LogP contribution < -0.4 is 5.32 Å². The Morgan fingerprint density at radius 1 is 1.00 bits per heavy atom. The summed E-state index contributed by atoms with van der Waals surface area (Å²) in [5.41, 5.74) is 1.31. The molecule has 0 radical (unpaired) electrons. The summed E-state index contributed by atoms with van der Waals surface area (Å²) in [6, 6.07) is 16.2. The SMILES string of the molecule is CC(CNC(=O)N1CCN(C(=O)c2ccccc2F)CC1)N(C)Cc1ccccc1. The first-order valence-electron chi connectivity index (χ1n) is 10.3. The lowest BCUT2D eigenvalue weighted by molar-refractivity contribution is 0.0659. The number of halogens is 1. The summed E-state index contributed by atoms with van der Waals surface area (Å²) < 4.78 is 13.9. The zero-order chi connectivity index (χ0) is 21.5. The van der Waals surface area contributed by atoms with Crippen LogP contribution in [0.4, 0.5) is 9.18 Å². The van der Waals surface area contributed by atoms with Crippen molar-refractivity contribution in [2.24, 2.45) is 0 Å². The van der Waals surface area contributed by atoms with Gasteiger partial charge in [0, 0.05) is 45.3 Å². The Hall–Kier alpha value is -2.93. The van der Waals surface area contributed by atoms with Crippen molar-refractivity contribution in [3.05, 3.63) is 71.5 Å². The van der Waals surface area contributed by atoms with Gasteiger partial charge in [-0.1, -0.05) is 42.5 Å². The van der Waals surface area contributed by atoms with E-state index in [1.54, 1.807) is 21.9 Å². The van der Waals surface area contributed by atoms with E-state index in [-0.39, 0.29) is 23.5 Å². The zero-order valence-electron chi connectivity index (χ0n) is 17.6. The molecule has 7 heteroatoms. The van der Waals surface area contributed by atoms with Crippen LogP contribution in [0.25, 0.3) is 0 Å². The number of hydrogen-bond acceptors (Lipinski definition) is 3. The number of rotatable bonds is 6. The van der Waals surface area contributed by atoms with E-state index in [1.165, 1.54) is 17.7 Å². The predicted octanol–water partition coefficient (Wildman–Crippen LogP) is 2.81. The van der Waals surface area contributed by atoms with Gasteiger partial charge in [-0.25, -0.2) is 9.18 Å². The van der Waals surface area contributed by atoms with Crippen molar-refractivity contribution in [3.63, 3.8) is 0 Å². The van der Waals surface area contributed by atoms with Crippen molar-refractivity contribution in [3.8, 4) is 0 Å². The lowest BCUT2D eigenvalue weighted by Gasteiger charge is -2.35. The molecule has 0 saturated carbocycles. The molecular formula is C23H29FN4O2. The Morgan fingerprint density at radius 3 is 2.27 bits per heavy atom. The van der Waals surface area contributed by atoms with Crippen molar-refractivity contribution in [2.75, 3.05) is 39.8 Å². The number of nitrogens with one attached hydrogen (secondary N) is 1. The van der Waals surface area contributed by atoms with E-state index >= 15 is 0 Å². The van der Waals surface area contributed by atoms with Gasteiger partial charge in [0.25, 0.3) is 5.91 Å². The van der Waals surface area contributed by atoms with E-state index in [4.69, 9.17) is 0 Å². The fourth-order valence-corrected chi connectivity index (χ4v) is 3.45. The highest BCUT2D eigenvalue weighted by molar-refractivity contribution is 5.94. The third-order valence-electron chi connectivity index (χ3n) is 5.53. The summed E-state index contributed by atoms with van der Waals surface area (Å²) in [4.78, 5) is 30.5. The molecule has 3 rings (SSSR count). The first kappa shape index (κ1) is 21.8. The highest BCUT2D eigenvalue weighted by atomic mass is 19.1. The second-order valence-electron chi connectivity index (χ2n) is 7.69. The van der Waals surface area contributed by atoms with Crippen LogP contribution >= 0.6 is 0 Å². The fraction of sp³-hybridized carbons (Fsp3) is 0.391. The summed E-state index contributed by atoms with van der Waals surface area (Å²) in [6.45, 7) is 5.08. The largest absolute Gasteiger partial charge is 0.336 e. The number of carbonyl (C=O) groups is 2. The average Bonchev–Trinajstić information content (AvgIpc) is 2.78. The first-order chi connectivity index (χ1) is 14.5. The topological polar surface area (TPSA) is 55.9 Å². The minimum absolute atomic E-state index is 0.0747. The Kier molecular flexibility index (Phi) is 7.41. The highest BCUT2D eigenvalue weighted by Gasteiger charge is 2.26. The molecule has 30 heavy (non-hydrogen) atoms. The van der Waals surface area contributed by atoms with Crippen molar-refractivity contribution < 1.29 is 14.0 Å². The number of amides is 3. The minimum atomic E-state index is -0.517. The van der Waals surface area contributed by atoms with Crippen LogP contribution in [0.5, 0.6) is 0 Å². The third-order valence-corrected chi connectivity index (χ3v) is 5.53. The van der Waals surface area contributed by atoms with E-state index in [0.29, 0.717) is 32.7 Å². The number of nitrogens with zero attached hydrogens (tertiary/aromatic N) is 3. The molecule has 0 bridgehead atoms. The van der Waals surface area contributed by atoms with Gasteiger partial charge in [0.05, 0.1) is 5.56 Å². The molecule has 0 aromatic heterocycles. The highest BCUT2D eigenvalue weighted by Crippen LogP contribution is 2.12. The second kappa shape index (κ2) is 10.2. The molecule has 1 heterocycles. The van der Waals surface area contributed by atoms with E-state index in [9.17, 15) is 14.0 Å². The number of benzene rings is 2. The number of likely N-dealkylation sites (N-methyl/N-ethyl adjacent to an activating group) is 1. The summed E-state index contributed by atoms with van der Waals surface area (Å²) in [7, 11) is 2.04. The third kappa shape index (κ3) is 5.57. The zero-order valence-corrected chi connectivity index (χ0v) is 17.6. The predicted molar refractivity (Wildman–Crippen MR) is 115 cm³/mol. The summed E-state index contributed by atoms with van der Waals surface area (Å²) >= 11 is 0. The molecule has 0 spiro atoms. The van der Waals surface area contributed by atoms with Gasteiger partial charge in [-0.15, -0.1) is 0 Å². The quantitative estimate of drug-likeness (QED) is 0.794. The molecule has 1 unspecified atom stereocenters. The Morgan fingerprint density at radius 2 is 1.60 bits per heavy atom. The van der Waals surface area contributed by atoms with E-state index in [0.717, 1.165) is 6.54 Å². The van der Waals surface area contributed by atoms with Crippen LogP contribution in [0.15, 0.2) is 54.6 Å². The molecule has 3 amide bonds. The van der Waals surface area contributed by atoms with Crippen molar-refractivity contribution in [1.82, 2.24) is 20.0 Å². The van der Waals surface area contributed by atoms with Gasteiger partial charge in [0.1, 0.15) is 5.82 Å². The molecule has 160 valence electrons. The van der Waals surface area contributed by atoms with Crippen LogP contribution in [-0.2, 0) is 6.54 Å². The molecule has 1 aliphatic heterocycles. The van der Waals surface area contributed by atoms with Crippen LogP contribution in [0, 0.1) is 5.82 Å². The standard InChI is InChI=1S/C23H29FN4O2/c1-18(26(2)17-19-8-4-3-5-9-19)16-25-23(30)28-14-12-27(13-15-28)22(29)20-10-6-7-11-21(20)24/h3-11,18H,12-17H2,1-2H3,(H,25,30). The smallest absolute Gasteiger partial charge is 0.317 e. The Labute approximate surface area is 177 Å². The lowest BCUT2D eigenvalue weighted by Crippen LogP contribution is -2.54. The Balaban J connectivity index is 1.43. The summed E-state index contributed by atoms with van der Waals surface area (Å²) in [5, 5.41) is 2.99.